The van der Waals surface area contributed by atoms with Crippen LogP contribution in [0.4, 0.5) is 0 Å². The standard InChI is InChI=1S/C12H15NO4S2/c14-18(15)9-11-6-12(18)7-13(11)19(16,17)8-10-4-2-1-3-5-10/h1-5,11-12H,6-9H2. The smallest absolute Gasteiger partial charge is 0.218 e. The molecule has 2 bridgehead atoms. The van der Waals surface area contributed by atoms with Crippen molar-refractivity contribution in [2.24, 2.45) is 0 Å². The molecule has 19 heavy (non-hydrogen) atoms. The molecule has 2 heterocycles. The van der Waals surface area contributed by atoms with Gasteiger partial charge in [0.05, 0.1) is 16.8 Å². The number of hydrogen-bond acceptors (Lipinski definition) is 4. The van der Waals surface area contributed by atoms with E-state index in [1.54, 1.807) is 24.3 Å². The van der Waals surface area contributed by atoms with Crippen LogP contribution in [-0.4, -0.2) is 44.7 Å². The zero-order valence-electron chi connectivity index (χ0n) is 10.3. The van der Waals surface area contributed by atoms with E-state index in [1.807, 2.05) is 6.07 Å². The highest BCUT2D eigenvalue weighted by Crippen LogP contribution is 2.35. The second-order valence-corrected chi connectivity index (χ2v) is 9.40. The summed E-state index contributed by atoms with van der Waals surface area (Å²) < 4.78 is 49.3. The van der Waals surface area contributed by atoms with E-state index in [-0.39, 0.29) is 24.1 Å². The van der Waals surface area contributed by atoms with Gasteiger partial charge in [-0.2, -0.15) is 4.31 Å². The third-order valence-electron chi connectivity index (χ3n) is 3.81. The molecule has 2 aliphatic rings. The number of benzene rings is 1. The molecule has 2 fully saturated rings. The Kier molecular flexibility index (Phi) is 2.95. The normalized spacial score (nSPS) is 29.7. The largest absolute Gasteiger partial charge is 0.228 e. The fraction of sp³-hybridized carbons (Fsp3) is 0.500. The van der Waals surface area contributed by atoms with Gasteiger partial charge in [-0.25, -0.2) is 16.8 Å². The zero-order chi connectivity index (χ0) is 13.7. The molecule has 2 aliphatic heterocycles. The molecular weight excluding hydrogens is 286 g/mol. The molecule has 104 valence electrons. The van der Waals surface area contributed by atoms with E-state index in [9.17, 15) is 16.8 Å². The van der Waals surface area contributed by atoms with Gasteiger partial charge < -0.3 is 0 Å². The Morgan fingerprint density at radius 1 is 1.21 bits per heavy atom. The maximum absolute atomic E-state index is 12.3. The second-order valence-electron chi connectivity index (χ2n) is 5.15. The summed E-state index contributed by atoms with van der Waals surface area (Å²) >= 11 is 0. The van der Waals surface area contributed by atoms with Gasteiger partial charge in [-0.3, -0.25) is 0 Å². The van der Waals surface area contributed by atoms with Crippen LogP contribution in [0.3, 0.4) is 0 Å². The molecule has 0 radical (unpaired) electrons. The first-order valence-electron chi connectivity index (χ1n) is 6.13. The molecule has 2 atom stereocenters. The van der Waals surface area contributed by atoms with E-state index in [0.29, 0.717) is 6.42 Å². The number of fused-ring (bicyclic) bond motifs is 2. The van der Waals surface area contributed by atoms with Crippen molar-refractivity contribution in [1.29, 1.82) is 0 Å². The van der Waals surface area contributed by atoms with Crippen LogP contribution in [-0.2, 0) is 25.6 Å². The molecule has 0 N–H and O–H groups in total. The lowest BCUT2D eigenvalue weighted by Gasteiger charge is -2.26. The summed E-state index contributed by atoms with van der Waals surface area (Å²) in [4.78, 5) is 0. The number of nitrogens with zero attached hydrogens (tertiary/aromatic N) is 1. The molecule has 7 heteroatoms. The summed E-state index contributed by atoms with van der Waals surface area (Å²) in [6.45, 7) is 0.127. The number of sulfonamides is 1. The SMILES string of the molecule is O=S1(=O)CC2CC1CN2S(=O)(=O)Cc1ccccc1. The highest BCUT2D eigenvalue weighted by atomic mass is 32.2. The Balaban J connectivity index is 1.81. The van der Waals surface area contributed by atoms with Crippen molar-refractivity contribution >= 4 is 19.9 Å². The minimum atomic E-state index is -3.43. The average molecular weight is 301 g/mol. The first-order chi connectivity index (χ1) is 8.88. The van der Waals surface area contributed by atoms with Crippen LogP contribution in [0.15, 0.2) is 30.3 Å². The average Bonchev–Trinajstić information content (AvgIpc) is 2.85. The third kappa shape index (κ3) is 2.30. The van der Waals surface area contributed by atoms with Gasteiger partial charge in [0.15, 0.2) is 9.84 Å². The summed E-state index contributed by atoms with van der Waals surface area (Å²) in [6.07, 6.45) is 0.455. The minimum absolute atomic E-state index is 0.0221. The van der Waals surface area contributed by atoms with Crippen LogP contribution < -0.4 is 0 Å². The molecule has 2 unspecified atom stereocenters. The molecule has 5 nitrogen and oxygen atoms in total. The molecule has 0 amide bonds. The van der Waals surface area contributed by atoms with Crippen LogP contribution in [0.1, 0.15) is 12.0 Å². The summed E-state index contributed by atoms with van der Waals surface area (Å²) in [5.41, 5.74) is 0.730. The summed E-state index contributed by atoms with van der Waals surface area (Å²) in [5, 5.41) is -0.497. The lowest BCUT2D eigenvalue weighted by atomic mass is 10.2. The van der Waals surface area contributed by atoms with E-state index in [2.05, 4.69) is 0 Å². The predicted molar refractivity (Wildman–Crippen MR) is 71.8 cm³/mol. The fourth-order valence-corrected chi connectivity index (χ4v) is 6.89. The van der Waals surface area contributed by atoms with Gasteiger partial charge in [0.25, 0.3) is 0 Å². The topological polar surface area (TPSA) is 71.5 Å². The molecule has 0 saturated carbocycles. The Hall–Kier alpha value is -0.920. The lowest BCUT2D eigenvalue weighted by molar-refractivity contribution is 0.402. The first kappa shape index (κ1) is 13.1. The van der Waals surface area contributed by atoms with Gasteiger partial charge in [-0.05, 0) is 12.0 Å². The fourth-order valence-electron chi connectivity index (χ4n) is 2.87. The van der Waals surface area contributed by atoms with Crippen LogP contribution in [0.2, 0.25) is 0 Å². The van der Waals surface area contributed by atoms with Gasteiger partial charge in [0, 0.05) is 12.6 Å². The molecule has 1 aromatic rings. The Morgan fingerprint density at radius 2 is 1.89 bits per heavy atom. The van der Waals surface area contributed by atoms with Crippen LogP contribution in [0.5, 0.6) is 0 Å². The summed E-state index contributed by atoms with van der Waals surface area (Å²) in [6, 6.07) is 8.60. The molecule has 0 aliphatic carbocycles. The van der Waals surface area contributed by atoms with Crippen molar-refractivity contribution in [3.8, 4) is 0 Å². The van der Waals surface area contributed by atoms with E-state index in [0.717, 1.165) is 5.56 Å². The van der Waals surface area contributed by atoms with Crippen LogP contribution in [0.25, 0.3) is 0 Å². The summed E-state index contributed by atoms with van der Waals surface area (Å²) in [7, 11) is -6.48. The Morgan fingerprint density at radius 3 is 2.42 bits per heavy atom. The molecule has 2 saturated heterocycles. The maximum atomic E-state index is 12.3. The van der Waals surface area contributed by atoms with E-state index in [1.165, 1.54) is 4.31 Å². The highest BCUT2D eigenvalue weighted by Gasteiger charge is 2.52. The first-order valence-corrected chi connectivity index (χ1v) is 9.46. The highest BCUT2D eigenvalue weighted by molar-refractivity contribution is 7.93. The van der Waals surface area contributed by atoms with Crippen molar-refractivity contribution < 1.29 is 16.8 Å². The van der Waals surface area contributed by atoms with Crippen molar-refractivity contribution in [3.05, 3.63) is 35.9 Å². The summed E-state index contributed by atoms with van der Waals surface area (Å²) in [5.74, 6) is -0.0806. The van der Waals surface area contributed by atoms with Crippen molar-refractivity contribution in [2.75, 3.05) is 12.3 Å². The van der Waals surface area contributed by atoms with Gasteiger partial charge >= 0.3 is 0 Å². The maximum Gasteiger partial charge on any atom is 0.218 e. The minimum Gasteiger partial charge on any atom is -0.228 e. The molecule has 0 aromatic heterocycles. The van der Waals surface area contributed by atoms with E-state index >= 15 is 0 Å². The Labute approximate surface area is 113 Å². The van der Waals surface area contributed by atoms with Gasteiger partial charge in [-0.15, -0.1) is 0 Å². The van der Waals surface area contributed by atoms with Crippen molar-refractivity contribution in [3.63, 3.8) is 0 Å². The molecule has 1 aromatic carbocycles. The molecular formula is C12H15NO4S2. The van der Waals surface area contributed by atoms with Gasteiger partial charge in [0.1, 0.15) is 0 Å². The second kappa shape index (κ2) is 4.29. The van der Waals surface area contributed by atoms with E-state index < -0.39 is 25.1 Å². The Bertz CT molecular complexity index is 682. The number of sulfone groups is 1. The quantitative estimate of drug-likeness (QED) is 0.809. The number of hydrogen-bond donors (Lipinski definition) is 0. The van der Waals surface area contributed by atoms with Gasteiger partial charge in [-0.1, -0.05) is 30.3 Å². The van der Waals surface area contributed by atoms with Gasteiger partial charge in [0.2, 0.25) is 10.0 Å². The van der Waals surface area contributed by atoms with Crippen molar-refractivity contribution in [2.45, 2.75) is 23.5 Å². The third-order valence-corrected chi connectivity index (χ3v) is 7.87. The monoisotopic (exact) mass is 301 g/mol. The van der Waals surface area contributed by atoms with Crippen LogP contribution >= 0.6 is 0 Å². The lowest BCUT2D eigenvalue weighted by Crippen LogP contribution is -2.44. The van der Waals surface area contributed by atoms with E-state index in [4.69, 9.17) is 0 Å². The van der Waals surface area contributed by atoms with Crippen molar-refractivity contribution in [1.82, 2.24) is 4.31 Å². The number of rotatable bonds is 3. The molecule has 0 spiro atoms. The predicted octanol–water partition coefficient (Wildman–Crippen LogP) is 0.388. The zero-order valence-corrected chi connectivity index (χ0v) is 11.9. The molecule has 3 rings (SSSR count). The van der Waals surface area contributed by atoms with Crippen LogP contribution in [0, 0.1) is 0 Å².